The number of ether oxygens (including phenoxy) is 3. The van der Waals surface area contributed by atoms with Crippen molar-refractivity contribution >= 4 is 23.9 Å². The van der Waals surface area contributed by atoms with E-state index in [4.69, 9.17) is 9.47 Å². The normalized spacial score (nSPS) is 12.8. The van der Waals surface area contributed by atoms with Crippen LogP contribution in [0.3, 0.4) is 0 Å². The van der Waals surface area contributed by atoms with E-state index in [1.165, 1.54) is 14.0 Å². The number of hydrogen-bond acceptors (Lipinski definition) is 7. The molecule has 2 unspecified atom stereocenters. The number of benzene rings is 1. The molecule has 30 heavy (non-hydrogen) atoms. The third kappa shape index (κ3) is 9.90. The first-order valence-electron chi connectivity index (χ1n) is 9.59. The van der Waals surface area contributed by atoms with Gasteiger partial charge >= 0.3 is 18.0 Å². The highest BCUT2D eigenvalue weighted by molar-refractivity contribution is 5.89. The minimum Gasteiger partial charge on any atom is -0.467 e. The molecule has 9 nitrogen and oxygen atoms in total. The van der Waals surface area contributed by atoms with E-state index in [1.54, 1.807) is 20.8 Å². The Hall–Kier alpha value is -3.10. The van der Waals surface area contributed by atoms with Gasteiger partial charge in [0.1, 0.15) is 24.3 Å². The minimum atomic E-state index is -1.06. The quantitative estimate of drug-likeness (QED) is 0.462. The molecule has 2 atom stereocenters. The molecule has 0 saturated heterocycles. The second kappa shape index (κ2) is 11.8. The Labute approximate surface area is 176 Å². The van der Waals surface area contributed by atoms with Crippen LogP contribution in [0, 0.1) is 0 Å². The van der Waals surface area contributed by atoms with Gasteiger partial charge in [-0.25, -0.2) is 9.59 Å². The fourth-order valence-corrected chi connectivity index (χ4v) is 2.31. The van der Waals surface area contributed by atoms with Gasteiger partial charge in [0.15, 0.2) is 0 Å². The molecule has 0 fully saturated rings. The number of esters is 2. The first-order chi connectivity index (χ1) is 14.0. The Morgan fingerprint density at radius 1 is 1.03 bits per heavy atom. The van der Waals surface area contributed by atoms with Gasteiger partial charge in [0.05, 0.1) is 7.11 Å². The van der Waals surface area contributed by atoms with Crippen LogP contribution in [0.5, 0.6) is 0 Å². The smallest absolute Gasteiger partial charge is 0.408 e. The highest BCUT2D eigenvalue weighted by atomic mass is 16.6. The van der Waals surface area contributed by atoms with Gasteiger partial charge in [-0.3, -0.25) is 9.59 Å². The first kappa shape index (κ1) is 24.9. The van der Waals surface area contributed by atoms with Crippen LogP contribution in [-0.4, -0.2) is 48.7 Å². The second-order valence-corrected chi connectivity index (χ2v) is 7.64. The summed E-state index contributed by atoms with van der Waals surface area (Å²) in [7, 11) is 1.18. The Morgan fingerprint density at radius 2 is 1.67 bits per heavy atom. The fraction of sp³-hybridized carbons (Fsp3) is 0.524. The maximum atomic E-state index is 12.3. The molecule has 9 heteroatoms. The van der Waals surface area contributed by atoms with E-state index in [0.29, 0.717) is 0 Å². The summed E-state index contributed by atoms with van der Waals surface area (Å²) in [6.45, 7) is 6.65. The zero-order valence-electron chi connectivity index (χ0n) is 18.0. The zero-order chi connectivity index (χ0) is 22.7. The topological polar surface area (TPSA) is 120 Å². The molecule has 2 amide bonds. The Balaban J connectivity index is 2.54. The lowest BCUT2D eigenvalue weighted by Crippen LogP contribution is -2.51. The highest BCUT2D eigenvalue weighted by Gasteiger charge is 2.27. The first-order valence-corrected chi connectivity index (χ1v) is 9.59. The predicted molar refractivity (Wildman–Crippen MR) is 108 cm³/mol. The van der Waals surface area contributed by atoms with Crippen LogP contribution in [0.1, 0.15) is 46.1 Å². The zero-order valence-corrected chi connectivity index (χ0v) is 18.0. The third-order valence-corrected chi connectivity index (χ3v) is 3.81. The summed E-state index contributed by atoms with van der Waals surface area (Å²) in [5.41, 5.74) is 0.125. The van der Waals surface area contributed by atoms with Crippen LogP contribution in [0.25, 0.3) is 0 Å². The Kier molecular flexibility index (Phi) is 9.80. The summed E-state index contributed by atoms with van der Waals surface area (Å²) in [5.74, 6) is -1.83. The lowest BCUT2D eigenvalue weighted by atomic mass is 10.1. The lowest BCUT2D eigenvalue weighted by Gasteiger charge is -2.23. The standard InChI is InChI=1S/C21H30N2O7/c1-14(22-20(27)30-21(2,3)4)18(25)23-16(19(26)28-5)11-12-17(24)29-13-15-9-7-6-8-10-15/h6-10,14,16H,11-13H2,1-5H3,(H,22,27)(H,23,25). The van der Waals surface area contributed by atoms with E-state index in [9.17, 15) is 19.2 Å². The molecule has 1 aromatic carbocycles. The SMILES string of the molecule is COC(=O)C(CCC(=O)OCc1ccccc1)NC(=O)C(C)NC(=O)OC(C)(C)C. The van der Waals surface area contributed by atoms with E-state index in [1.807, 2.05) is 30.3 Å². The van der Waals surface area contributed by atoms with Crippen molar-refractivity contribution in [1.29, 1.82) is 0 Å². The summed E-state index contributed by atoms with van der Waals surface area (Å²) >= 11 is 0. The summed E-state index contributed by atoms with van der Waals surface area (Å²) < 4.78 is 14.9. The number of nitrogens with one attached hydrogen (secondary N) is 2. The molecule has 0 bridgehead atoms. The predicted octanol–water partition coefficient (Wildman–Crippen LogP) is 2.08. The third-order valence-electron chi connectivity index (χ3n) is 3.81. The Bertz CT molecular complexity index is 729. The van der Waals surface area contributed by atoms with Gasteiger partial charge in [-0.2, -0.15) is 0 Å². The summed E-state index contributed by atoms with van der Waals surface area (Å²) in [6, 6.07) is 7.14. The molecule has 166 valence electrons. The number of methoxy groups -OCH3 is 1. The van der Waals surface area contributed by atoms with Crippen LogP contribution in [0.2, 0.25) is 0 Å². The number of carbonyl (C=O) groups excluding carboxylic acids is 4. The van der Waals surface area contributed by atoms with E-state index >= 15 is 0 Å². The molecular formula is C21H30N2O7. The highest BCUT2D eigenvalue weighted by Crippen LogP contribution is 2.08. The molecule has 0 aliphatic heterocycles. The Morgan fingerprint density at radius 3 is 2.23 bits per heavy atom. The molecule has 0 aliphatic carbocycles. The molecule has 0 spiro atoms. The number of alkyl carbamates (subject to hydrolysis) is 1. The van der Waals surface area contributed by atoms with E-state index in [-0.39, 0.29) is 19.4 Å². The molecule has 0 saturated carbocycles. The monoisotopic (exact) mass is 422 g/mol. The van der Waals surface area contributed by atoms with Crippen molar-refractivity contribution in [2.75, 3.05) is 7.11 Å². The van der Waals surface area contributed by atoms with Gasteiger partial charge < -0.3 is 24.8 Å². The fourth-order valence-electron chi connectivity index (χ4n) is 2.31. The number of carbonyl (C=O) groups is 4. The molecular weight excluding hydrogens is 392 g/mol. The number of amides is 2. The van der Waals surface area contributed by atoms with Gasteiger partial charge in [0, 0.05) is 6.42 Å². The van der Waals surface area contributed by atoms with E-state index < -0.39 is 41.6 Å². The van der Waals surface area contributed by atoms with Gasteiger partial charge in [0.25, 0.3) is 0 Å². The lowest BCUT2D eigenvalue weighted by molar-refractivity contribution is -0.148. The van der Waals surface area contributed by atoms with Gasteiger partial charge in [0.2, 0.25) is 5.91 Å². The van der Waals surface area contributed by atoms with Crippen molar-refractivity contribution in [3.63, 3.8) is 0 Å². The molecule has 2 N–H and O–H groups in total. The summed E-state index contributed by atoms with van der Waals surface area (Å²) in [6.07, 6.45) is -0.865. The van der Waals surface area contributed by atoms with Crippen LogP contribution in [0.4, 0.5) is 4.79 Å². The summed E-state index contributed by atoms with van der Waals surface area (Å²) in [4.78, 5) is 48.1. The number of hydrogen-bond donors (Lipinski definition) is 2. The summed E-state index contributed by atoms with van der Waals surface area (Å²) in [5, 5.41) is 4.86. The second-order valence-electron chi connectivity index (χ2n) is 7.64. The van der Waals surface area contributed by atoms with E-state index in [2.05, 4.69) is 15.4 Å². The molecule has 1 rings (SSSR count). The molecule has 0 aliphatic rings. The maximum absolute atomic E-state index is 12.3. The van der Waals surface area contributed by atoms with Crippen molar-refractivity contribution < 1.29 is 33.4 Å². The largest absolute Gasteiger partial charge is 0.467 e. The van der Waals surface area contributed by atoms with Crippen LogP contribution in [0.15, 0.2) is 30.3 Å². The molecule has 0 radical (unpaired) electrons. The van der Waals surface area contributed by atoms with Crippen LogP contribution in [-0.2, 0) is 35.2 Å². The van der Waals surface area contributed by atoms with Crippen molar-refractivity contribution in [3.05, 3.63) is 35.9 Å². The van der Waals surface area contributed by atoms with Crippen molar-refractivity contribution in [3.8, 4) is 0 Å². The van der Waals surface area contributed by atoms with Gasteiger partial charge in [-0.1, -0.05) is 30.3 Å². The minimum absolute atomic E-state index is 0.00874. The average molecular weight is 422 g/mol. The van der Waals surface area contributed by atoms with Crippen molar-refractivity contribution in [2.45, 2.75) is 64.8 Å². The van der Waals surface area contributed by atoms with Crippen LogP contribution < -0.4 is 10.6 Å². The van der Waals surface area contributed by atoms with Crippen molar-refractivity contribution in [2.24, 2.45) is 0 Å². The number of rotatable bonds is 9. The molecule has 1 aromatic rings. The van der Waals surface area contributed by atoms with Gasteiger partial charge in [-0.05, 0) is 39.7 Å². The average Bonchev–Trinajstić information content (AvgIpc) is 2.67. The van der Waals surface area contributed by atoms with Gasteiger partial charge in [-0.15, -0.1) is 0 Å². The maximum Gasteiger partial charge on any atom is 0.408 e. The van der Waals surface area contributed by atoms with Crippen LogP contribution >= 0.6 is 0 Å². The van der Waals surface area contributed by atoms with E-state index in [0.717, 1.165) is 5.56 Å². The molecule has 0 heterocycles. The molecule has 0 aromatic heterocycles. The van der Waals surface area contributed by atoms with Crippen molar-refractivity contribution in [1.82, 2.24) is 10.6 Å².